The first-order chi connectivity index (χ1) is 6.27. The van der Waals surface area contributed by atoms with Gasteiger partial charge in [0.2, 0.25) is 6.43 Å². The van der Waals surface area contributed by atoms with Crippen LogP contribution in [-0.4, -0.2) is 27.7 Å². The van der Waals surface area contributed by atoms with Crippen molar-refractivity contribution in [2.75, 3.05) is 12.9 Å². The monoisotopic (exact) mass is 226 g/mol. The molecule has 14 heavy (non-hydrogen) atoms. The van der Waals surface area contributed by atoms with Gasteiger partial charge in [-0.3, -0.25) is 4.18 Å². The van der Waals surface area contributed by atoms with E-state index in [1.807, 2.05) is 0 Å². The largest absolute Gasteiger partial charge is 0.270 e. The van der Waals surface area contributed by atoms with Crippen LogP contribution >= 0.6 is 0 Å². The van der Waals surface area contributed by atoms with Gasteiger partial charge in [0.15, 0.2) is 0 Å². The first kappa shape index (κ1) is 10.3. The van der Waals surface area contributed by atoms with E-state index in [0.29, 0.717) is 19.3 Å². The smallest absolute Gasteiger partial charge is 0.264 e. The summed E-state index contributed by atoms with van der Waals surface area (Å²) < 4.78 is 50.8. The van der Waals surface area contributed by atoms with E-state index in [1.54, 1.807) is 0 Å². The standard InChI is InChI=1S/C8H12F2O3S/c1-14(11,12)13-5-7-2-8(3-7,4-7)6(9)10/h6H,2-5H2,1H3. The molecule has 0 aromatic heterocycles. The second-order valence-electron chi connectivity index (χ2n) is 4.66. The van der Waals surface area contributed by atoms with Crippen LogP contribution in [0.1, 0.15) is 19.3 Å². The molecule has 3 nitrogen and oxygen atoms in total. The van der Waals surface area contributed by atoms with Crippen molar-refractivity contribution in [2.24, 2.45) is 10.8 Å². The van der Waals surface area contributed by atoms with Crippen molar-refractivity contribution >= 4 is 10.1 Å². The van der Waals surface area contributed by atoms with Crippen LogP contribution in [0.15, 0.2) is 0 Å². The summed E-state index contributed by atoms with van der Waals surface area (Å²) in [5, 5.41) is 0. The highest BCUT2D eigenvalue weighted by atomic mass is 32.2. The van der Waals surface area contributed by atoms with Gasteiger partial charge in [-0.1, -0.05) is 0 Å². The predicted octanol–water partition coefficient (Wildman–Crippen LogP) is 1.40. The Hall–Kier alpha value is -0.230. The molecular formula is C8H12F2O3S. The molecule has 0 aromatic carbocycles. The minimum atomic E-state index is -3.44. The number of hydrogen-bond donors (Lipinski definition) is 0. The number of rotatable bonds is 4. The summed E-state index contributed by atoms with van der Waals surface area (Å²) in [6.45, 7) is 0.0697. The molecule has 3 fully saturated rings. The highest BCUT2D eigenvalue weighted by molar-refractivity contribution is 7.85. The average molecular weight is 226 g/mol. The fraction of sp³-hybridized carbons (Fsp3) is 1.00. The molecule has 3 rings (SSSR count). The lowest BCUT2D eigenvalue weighted by Crippen LogP contribution is -2.66. The van der Waals surface area contributed by atoms with Gasteiger partial charge in [-0.25, -0.2) is 8.78 Å². The van der Waals surface area contributed by atoms with E-state index in [2.05, 4.69) is 4.18 Å². The van der Waals surface area contributed by atoms with Crippen LogP contribution in [0.5, 0.6) is 0 Å². The van der Waals surface area contributed by atoms with E-state index in [1.165, 1.54) is 0 Å². The summed E-state index contributed by atoms with van der Waals surface area (Å²) in [6, 6.07) is 0. The molecule has 3 aliphatic carbocycles. The van der Waals surface area contributed by atoms with E-state index < -0.39 is 22.0 Å². The van der Waals surface area contributed by atoms with Gasteiger partial charge in [0.05, 0.1) is 12.9 Å². The summed E-state index contributed by atoms with van der Waals surface area (Å²) in [5.41, 5.74) is -1.07. The van der Waals surface area contributed by atoms with Crippen molar-refractivity contribution in [1.82, 2.24) is 0 Å². The molecule has 0 atom stereocenters. The van der Waals surface area contributed by atoms with Gasteiger partial charge in [-0.2, -0.15) is 8.42 Å². The zero-order chi connectivity index (χ0) is 10.6. The Morgan fingerprint density at radius 3 is 2.21 bits per heavy atom. The fourth-order valence-corrected chi connectivity index (χ4v) is 3.17. The number of alkyl halides is 2. The van der Waals surface area contributed by atoms with E-state index in [0.717, 1.165) is 6.26 Å². The quantitative estimate of drug-likeness (QED) is 0.680. The molecule has 0 heterocycles. The van der Waals surface area contributed by atoms with Crippen molar-refractivity contribution in [3.05, 3.63) is 0 Å². The molecule has 3 saturated carbocycles. The number of halogens is 2. The maximum absolute atomic E-state index is 12.4. The second kappa shape index (κ2) is 2.66. The average Bonchev–Trinajstić information content (AvgIpc) is 1.76. The second-order valence-corrected chi connectivity index (χ2v) is 6.30. The van der Waals surface area contributed by atoms with E-state index in [9.17, 15) is 17.2 Å². The summed E-state index contributed by atoms with van der Waals surface area (Å²) in [5.74, 6) is 0. The molecule has 0 aromatic rings. The molecule has 2 bridgehead atoms. The molecule has 82 valence electrons. The SMILES string of the molecule is CS(=O)(=O)OCC12CC(C(F)F)(C1)C2. The summed E-state index contributed by atoms with van der Waals surface area (Å²) in [4.78, 5) is 0. The lowest BCUT2D eigenvalue weighted by Gasteiger charge is -2.69. The van der Waals surface area contributed by atoms with Crippen LogP contribution in [0.3, 0.4) is 0 Å². The minimum absolute atomic E-state index is 0.0697. The van der Waals surface area contributed by atoms with Crippen molar-refractivity contribution in [3.63, 3.8) is 0 Å². The molecule has 0 N–H and O–H groups in total. The third kappa shape index (κ3) is 1.44. The zero-order valence-electron chi connectivity index (χ0n) is 7.79. The van der Waals surface area contributed by atoms with Gasteiger partial charge in [0.25, 0.3) is 10.1 Å². The molecule has 3 aliphatic rings. The molecule has 0 aliphatic heterocycles. The molecule has 0 spiro atoms. The van der Waals surface area contributed by atoms with E-state index in [4.69, 9.17) is 0 Å². The lowest BCUT2D eigenvalue weighted by atomic mass is 9.35. The Balaban J connectivity index is 1.84. The Morgan fingerprint density at radius 2 is 1.86 bits per heavy atom. The molecule has 0 unspecified atom stereocenters. The number of hydrogen-bond acceptors (Lipinski definition) is 3. The fourth-order valence-electron chi connectivity index (χ4n) is 2.70. The maximum atomic E-state index is 12.4. The van der Waals surface area contributed by atoms with Gasteiger partial charge in [0.1, 0.15) is 0 Å². The van der Waals surface area contributed by atoms with Gasteiger partial charge >= 0.3 is 0 Å². The highest BCUT2D eigenvalue weighted by Crippen LogP contribution is 2.75. The lowest BCUT2D eigenvalue weighted by molar-refractivity contribution is -0.275. The van der Waals surface area contributed by atoms with E-state index >= 15 is 0 Å². The molecule has 6 heteroatoms. The zero-order valence-corrected chi connectivity index (χ0v) is 8.61. The van der Waals surface area contributed by atoms with Crippen LogP contribution in [0, 0.1) is 10.8 Å². The molecule has 0 radical (unpaired) electrons. The Bertz CT molecular complexity index is 330. The summed E-state index contributed by atoms with van der Waals surface area (Å²) >= 11 is 0. The molecule has 0 saturated heterocycles. The molecule has 0 amide bonds. The van der Waals surface area contributed by atoms with Gasteiger partial charge in [0, 0.05) is 5.41 Å². The molecular weight excluding hydrogens is 214 g/mol. The van der Waals surface area contributed by atoms with Crippen LogP contribution in [0.25, 0.3) is 0 Å². The third-order valence-corrected chi connectivity index (χ3v) is 3.77. The van der Waals surface area contributed by atoms with Gasteiger partial charge < -0.3 is 0 Å². The normalized spacial score (nSPS) is 40.6. The highest BCUT2D eigenvalue weighted by Gasteiger charge is 2.71. The van der Waals surface area contributed by atoms with Crippen molar-refractivity contribution in [3.8, 4) is 0 Å². The van der Waals surface area contributed by atoms with Gasteiger partial charge in [-0.15, -0.1) is 0 Å². The Morgan fingerprint density at radius 1 is 1.36 bits per heavy atom. The first-order valence-electron chi connectivity index (χ1n) is 4.40. The van der Waals surface area contributed by atoms with Crippen molar-refractivity contribution < 1.29 is 21.4 Å². The van der Waals surface area contributed by atoms with Crippen molar-refractivity contribution in [1.29, 1.82) is 0 Å². The summed E-state index contributed by atoms with van der Waals surface area (Å²) in [6.07, 6.45) is -0.0721. The predicted molar refractivity (Wildman–Crippen MR) is 45.5 cm³/mol. The topological polar surface area (TPSA) is 43.4 Å². The van der Waals surface area contributed by atoms with Crippen LogP contribution in [-0.2, 0) is 14.3 Å². The van der Waals surface area contributed by atoms with Gasteiger partial charge in [-0.05, 0) is 24.7 Å². The minimum Gasteiger partial charge on any atom is -0.270 e. The Labute approximate surface area is 81.6 Å². The summed E-state index contributed by atoms with van der Waals surface area (Å²) in [7, 11) is -3.44. The van der Waals surface area contributed by atoms with E-state index in [-0.39, 0.29) is 12.0 Å². The third-order valence-electron chi connectivity index (χ3n) is 3.22. The van der Waals surface area contributed by atoms with Crippen LogP contribution < -0.4 is 0 Å². The first-order valence-corrected chi connectivity index (χ1v) is 6.21. The van der Waals surface area contributed by atoms with Crippen LogP contribution in [0.4, 0.5) is 8.78 Å². The maximum Gasteiger partial charge on any atom is 0.264 e. The Kier molecular flexibility index (Phi) is 1.96. The van der Waals surface area contributed by atoms with Crippen LogP contribution in [0.2, 0.25) is 0 Å². The van der Waals surface area contributed by atoms with Crippen molar-refractivity contribution in [2.45, 2.75) is 25.7 Å².